The van der Waals surface area contributed by atoms with Crippen molar-refractivity contribution < 1.29 is 19.0 Å². The number of carbonyl (C=O) groups is 1. The molecule has 1 saturated heterocycles. The van der Waals surface area contributed by atoms with Crippen molar-refractivity contribution in [1.29, 1.82) is 0 Å². The lowest BCUT2D eigenvalue weighted by Crippen LogP contribution is -2.41. The normalized spacial score (nSPS) is 19.2. The van der Waals surface area contributed by atoms with E-state index in [-0.39, 0.29) is 18.3 Å². The molecule has 3 aromatic rings. The number of aliphatic carboxylic acids is 1. The second kappa shape index (κ2) is 11.3. The van der Waals surface area contributed by atoms with Gasteiger partial charge in [-0.15, -0.1) is 0 Å². The monoisotopic (exact) mass is 478 g/mol. The lowest BCUT2D eigenvalue weighted by atomic mass is 9.79. The number of carboxylic acid groups (broad SMARTS) is 1. The molecule has 0 bridgehead atoms. The third-order valence-electron chi connectivity index (χ3n) is 6.86. The second-order valence-corrected chi connectivity index (χ2v) is 9.16. The lowest BCUT2D eigenvalue weighted by Gasteiger charge is -2.37. The van der Waals surface area contributed by atoms with E-state index in [2.05, 4.69) is 26.7 Å². The van der Waals surface area contributed by atoms with Gasteiger partial charge in [0.15, 0.2) is 0 Å². The Morgan fingerprint density at radius 3 is 2.94 bits per heavy atom. The molecule has 0 spiro atoms. The first-order valence-electron chi connectivity index (χ1n) is 11.9. The van der Waals surface area contributed by atoms with Crippen LogP contribution in [0.1, 0.15) is 43.1 Å². The van der Waals surface area contributed by atoms with Crippen molar-refractivity contribution in [1.82, 2.24) is 19.4 Å². The molecule has 3 atom stereocenters. The number of rotatable bonds is 8. The minimum Gasteiger partial charge on any atom is -0.497 e. The van der Waals surface area contributed by atoms with Crippen molar-refractivity contribution in [2.45, 2.75) is 31.9 Å². The minimum absolute atomic E-state index is 0.0266. The maximum Gasteiger partial charge on any atom is 0.303 e. The summed E-state index contributed by atoms with van der Waals surface area (Å²) in [5.41, 5.74) is 2.18. The molecule has 2 aromatic heterocycles. The number of benzene rings is 1. The highest BCUT2D eigenvalue weighted by atomic mass is 19.1. The lowest BCUT2D eigenvalue weighted by molar-refractivity contribution is -0.139. The summed E-state index contributed by atoms with van der Waals surface area (Å²) >= 11 is 0. The number of halogens is 1. The SMILES string of the molecule is COc1ccc2nccc([C@H](F)CC[C@@H]3CCN(CC#Cc4cncn4C)C[C@@H]3CC(=O)O)c2c1. The van der Waals surface area contributed by atoms with Gasteiger partial charge in [-0.2, -0.15) is 0 Å². The molecule has 3 heterocycles. The Balaban J connectivity index is 1.39. The van der Waals surface area contributed by atoms with Gasteiger partial charge in [-0.25, -0.2) is 9.37 Å². The molecule has 0 aliphatic carbocycles. The first kappa shape index (κ1) is 24.7. The Hall–Kier alpha value is -3.44. The molecule has 1 N–H and O–H groups in total. The van der Waals surface area contributed by atoms with Crippen LogP contribution in [0.25, 0.3) is 10.9 Å². The summed E-state index contributed by atoms with van der Waals surface area (Å²) < 4.78 is 22.6. The van der Waals surface area contributed by atoms with Crippen molar-refractivity contribution in [2.75, 3.05) is 26.7 Å². The van der Waals surface area contributed by atoms with Gasteiger partial charge in [0, 0.05) is 31.6 Å². The number of alkyl halides is 1. The Morgan fingerprint density at radius 1 is 1.34 bits per heavy atom. The average molecular weight is 479 g/mol. The number of aromatic nitrogens is 3. The number of hydrogen-bond acceptors (Lipinski definition) is 5. The first-order valence-corrected chi connectivity index (χ1v) is 11.9. The number of carboxylic acids is 1. The molecular weight excluding hydrogens is 447 g/mol. The third kappa shape index (κ3) is 6.17. The van der Waals surface area contributed by atoms with Gasteiger partial charge < -0.3 is 14.4 Å². The number of likely N-dealkylation sites (tertiary alicyclic amines) is 1. The zero-order chi connectivity index (χ0) is 24.8. The molecule has 1 aromatic carbocycles. The molecule has 8 heteroatoms. The number of hydrogen-bond donors (Lipinski definition) is 1. The van der Waals surface area contributed by atoms with E-state index >= 15 is 4.39 Å². The number of pyridine rings is 1. The predicted molar refractivity (Wildman–Crippen MR) is 132 cm³/mol. The van der Waals surface area contributed by atoms with E-state index in [0.29, 0.717) is 37.2 Å². The third-order valence-corrected chi connectivity index (χ3v) is 6.86. The van der Waals surface area contributed by atoms with Gasteiger partial charge in [-0.3, -0.25) is 14.7 Å². The maximum atomic E-state index is 15.4. The molecule has 1 aliphatic heterocycles. The number of fused-ring (bicyclic) bond motifs is 1. The van der Waals surface area contributed by atoms with Crippen molar-refractivity contribution in [3.63, 3.8) is 0 Å². The molecule has 0 saturated carbocycles. The van der Waals surface area contributed by atoms with Crippen LogP contribution < -0.4 is 4.74 Å². The number of methoxy groups -OCH3 is 1. The van der Waals surface area contributed by atoms with Crippen molar-refractivity contribution >= 4 is 16.9 Å². The van der Waals surface area contributed by atoms with E-state index in [4.69, 9.17) is 4.74 Å². The van der Waals surface area contributed by atoms with Crippen molar-refractivity contribution in [3.8, 4) is 17.6 Å². The summed E-state index contributed by atoms with van der Waals surface area (Å²) in [6, 6.07) is 7.20. The fourth-order valence-corrected chi connectivity index (χ4v) is 4.92. The van der Waals surface area contributed by atoms with Crippen LogP contribution in [0.4, 0.5) is 4.39 Å². The summed E-state index contributed by atoms with van der Waals surface area (Å²) in [4.78, 5) is 22.1. The van der Waals surface area contributed by atoms with E-state index < -0.39 is 12.1 Å². The molecule has 184 valence electrons. The molecule has 7 nitrogen and oxygen atoms in total. The van der Waals surface area contributed by atoms with Crippen LogP contribution in [0, 0.1) is 23.7 Å². The Bertz CT molecular complexity index is 1230. The Labute approximate surface area is 204 Å². The predicted octanol–water partition coefficient (Wildman–Crippen LogP) is 4.23. The Morgan fingerprint density at radius 2 is 2.20 bits per heavy atom. The number of ether oxygens (including phenoxy) is 1. The van der Waals surface area contributed by atoms with E-state index in [1.807, 2.05) is 29.8 Å². The van der Waals surface area contributed by atoms with E-state index in [9.17, 15) is 9.90 Å². The van der Waals surface area contributed by atoms with Crippen LogP contribution in [0.5, 0.6) is 5.75 Å². The van der Waals surface area contributed by atoms with Gasteiger partial charge in [0.25, 0.3) is 0 Å². The summed E-state index contributed by atoms with van der Waals surface area (Å²) in [6.45, 7) is 2.06. The molecule has 1 fully saturated rings. The molecule has 0 radical (unpaired) electrons. The Kier molecular flexibility index (Phi) is 7.98. The van der Waals surface area contributed by atoms with Gasteiger partial charge in [-0.05, 0) is 73.4 Å². The summed E-state index contributed by atoms with van der Waals surface area (Å²) in [5, 5.41) is 10.2. The number of nitrogens with zero attached hydrogens (tertiary/aromatic N) is 4. The molecule has 4 rings (SSSR count). The van der Waals surface area contributed by atoms with Crippen LogP contribution in [-0.4, -0.2) is 57.3 Å². The van der Waals surface area contributed by atoms with Crippen LogP contribution in [0.3, 0.4) is 0 Å². The van der Waals surface area contributed by atoms with E-state index in [0.717, 1.165) is 29.6 Å². The van der Waals surface area contributed by atoms with Gasteiger partial charge in [-0.1, -0.05) is 5.92 Å². The molecule has 0 unspecified atom stereocenters. The van der Waals surface area contributed by atoms with Crippen LogP contribution >= 0.6 is 0 Å². The summed E-state index contributed by atoms with van der Waals surface area (Å²) in [6.07, 6.45) is 5.82. The van der Waals surface area contributed by atoms with Crippen molar-refractivity contribution in [3.05, 3.63) is 54.2 Å². The maximum absolute atomic E-state index is 15.4. The largest absolute Gasteiger partial charge is 0.497 e. The zero-order valence-corrected chi connectivity index (χ0v) is 20.2. The number of aryl methyl sites for hydroxylation is 1. The van der Waals surface area contributed by atoms with Crippen LogP contribution in [0.15, 0.2) is 43.0 Å². The standard InChI is InChI=1S/C27H31FN4O3/c1-31-18-29-16-21(31)4-3-12-32-13-10-19(20(17-32)14-27(33)34)5-7-25(28)23-9-11-30-26-8-6-22(35-2)15-24(23)26/h6,8-9,11,15-16,18-20,25H,5,7,10,12-14,17H2,1-2H3,(H,33,34)/t19-,20+,25-/m1/s1. The second-order valence-electron chi connectivity index (χ2n) is 9.16. The summed E-state index contributed by atoms with van der Waals surface area (Å²) in [5.74, 6) is 6.28. The van der Waals surface area contributed by atoms with Gasteiger partial charge in [0.2, 0.25) is 0 Å². The molecule has 35 heavy (non-hydrogen) atoms. The smallest absolute Gasteiger partial charge is 0.303 e. The van der Waals surface area contributed by atoms with Crippen LogP contribution in [0.2, 0.25) is 0 Å². The van der Waals surface area contributed by atoms with Crippen LogP contribution in [-0.2, 0) is 11.8 Å². The highest BCUT2D eigenvalue weighted by molar-refractivity contribution is 5.83. The first-order chi connectivity index (χ1) is 16.9. The van der Waals surface area contributed by atoms with E-state index in [1.54, 1.807) is 31.9 Å². The molecule has 1 aliphatic rings. The highest BCUT2D eigenvalue weighted by Gasteiger charge is 2.31. The van der Waals surface area contributed by atoms with Gasteiger partial charge in [0.1, 0.15) is 17.6 Å². The fraction of sp³-hybridized carbons (Fsp3) is 0.444. The average Bonchev–Trinajstić information content (AvgIpc) is 3.26. The fourth-order valence-electron chi connectivity index (χ4n) is 4.92. The summed E-state index contributed by atoms with van der Waals surface area (Å²) in [7, 11) is 3.48. The van der Waals surface area contributed by atoms with Crippen molar-refractivity contribution in [2.24, 2.45) is 18.9 Å². The van der Waals surface area contributed by atoms with E-state index in [1.165, 1.54) is 0 Å². The molecule has 0 amide bonds. The van der Waals surface area contributed by atoms with Gasteiger partial charge >= 0.3 is 5.97 Å². The van der Waals surface area contributed by atoms with Gasteiger partial charge in [0.05, 0.1) is 31.7 Å². The highest BCUT2D eigenvalue weighted by Crippen LogP contribution is 2.36. The molecular formula is C27H31FN4O3. The topological polar surface area (TPSA) is 80.5 Å². The minimum atomic E-state index is -1.15. The zero-order valence-electron chi connectivity index (χ0n) is 20.2. The number of piperidine rings is 1. The quantitative estimate of drug-likeness (QED) is 0.488. The number of imidazole rings is 1.